The third kappa shape index (κ3) is 4.10. The molecule has 0 saturated heterocycles. The first-order chi connectivity index (χ1) is 19.5. The molecule has 0 spiro atoms. The molecule has 0 aliphatic heterocycles. The van der Waals surface area contributed by atoms with Gasteiger partial charge in [-0.2, -0.15) is 0 Å². The molecule has 5 nitrogen and oxygen atoms in total. The summed E-state index contributed by atoms with van der Waals surface area (Å²) in [6.45, 7) is 0. The smallest absolute Gasteiger partial charge is 0.336 e. The molecule has 192 valence electrons. The van der Waals surface area contributed by atoms with Crippen molar-refractivity contribution in [1.29, 1.82) is 0 Å². The van der Waals surface area contributed by atoms with Crippen LogP contribution in [0.1, 0.15) is 36.6 Å². The van der Waals surface area contributed by atoms with Crippen LogP contribution in [-0.4, -0.2) is 27.9 Å². The van der Waals surface area contributed by atoms with Crippen LogP contribution in [-0.2, 0) is 0 Å². The molecule has 0 atom stereocenters. The molecule has 0 saturated carbocycles. The second-order valence-electron chi connectivity index (χ2n) is 9.46. The number of aromatic carboxylic acids is 2. The highest BCUT2D eigenvalue weighted by Gasteiger charge is 2.27. The van der Waals surface area contributed by atoms with Crippen molar-refractivity contribution in [2.75, 3.05) is 0 Å². The Hall–Kier alpha value is -5.55. The zero-order chi connectivity index (χ0) is 27.8. The van der Waals surface area contributed by atoms with Gasteiger partial charge in [0.05, 0.1) is 11.1 Å². The fourth-order valence-corrected chi connectivity index (χ4v) is 5.44. The summed E-state index contributed by atoms with van der Waals surface area (Å²) in [5.74, 6) is -2.77. The van der Waals surface area contributed by atoms with Gasteiger partial charge in [-0.1, -0.05) is 109 Å². The lowest BCUT2D eigenvalue weighted by molar-refractivity contribution is 0.0688. The highest BCUT2D eigenvalue weighted by atomic mass is 16.4. The van der Waals surface area contributed by atoms with Gasteiger partial charge in [0.2, 0.25) is 0 Å². The third-order valence-corrected chi connectivity index (χ3v) is 7.16. The van der Waals surface area contributed by atoms with Gasteiger partial charge in [0.25, 0.3) is 0 Å². The number of carboxylic acid groups (broad SMARTS) is 2. The first-order valence-corrected chi connectivity index (χ1v) is 12.7. The molecule has 0 amide bonds. The molecule has 0 aliphatic rings. The molecular weight excluding hydrogens is 500 g/mol. The lowest BCUT2D eigenvalue weighted by Gasteiger charge is -2.19. The summed E-state index contributed by atoms with van der Waals surface area (Å²) < 4.78 is 0. The van der Waals surface area contributed by atoms with Crippen LogP contribution >= 0.6 is 0 Å². The summed E-state index contributed by atoms with van der Waals surface area (Å²) in [5.41, 5.74) is 3.06. The number of hydrogen-bond acceptors (Lipinski definition) is 3. The van der Waals surface area contributed by atoms with E-state index in [0.717, 1.165) is 11.1 Å². The standard InChI is InChI=1S/C35H22O5/c36-33(29-19-27(34(37)38)23-15-7-9-17-25(23)31(29)21-11-3-1-4-12-21)30-20-28(35(39)40)24-16-8-10-18-26(24)32(30)22-13-5-2-6-14-22/h1-20H,(H,37,38)(H,39,40). The van der Waals surface area contributed by atoms with E-state index in [1.165, 1.54) is 12.1 Å². The monoisotopic (exact) mass is 522 g/mol. The predicted octanol–water partition coefficient (Wildman–Crippen LogP) is 7.95. The van der Waals surface area contributed by atoms with Crippen LogP contribution in [0.3, 0.4) is 0 Å². The summed E-state index contributed by atoms with van der Waals surface area (Å²) in [4.78, 5) is 39.5. The van der Waals surface area contributed by atoms with Gasteiger partial charge in [0.1, 0.15) is 0 Å². The predicted molar refractivity (Wildman–Crippen MR) is 156 cm³/mol. The van der Waals surface area contributed by atoms with Crippen molar-refractivity contribution in [1.82, 2.24) is 0 Å². The molecule has 0 aromatic heterocycles. The maximum Gasteiger partial charge on any atom is 0.336 e. The first kappa shape index (κ1) is 24.8. The molecule has 5 heteroatoms. The van der Waals surface area contributed by atoms with Crippen molar-refractivity contribution >= 4 is 39.3 Å². The molecule has 0 bridgehead atoms. The number of benzene rings is 6. The zero-order valence-electron chi connectivity index (χ0n) is 21.2. The van der Waals surface area contributed by atoms with Crippen LogP contribution in [0.15, 0.2) is 121 Å². The third-order valence-electron chi connectivity index (χ3n) is 7.16. The van der Waals surface area contributed by atoms with Crippen molar-refractivity contribution in [3.63, 3.8) is 0 Å². The molecule has 6 rings (SSSR count). The van der Waals surface area contributed by atoms with E-state index in [1.54, 1.807) is 24.3 Å². The van der Waals surface area contributed by atoms with Crippen LogP contribution in [0.5, 0.6) is 0 Å². The molecule has 0 unspecified atom stereocenters. The first-order valence-electron chi connectivity index (χ1n) is 12.7. The maximum atomic E-state index is 14.7. The van der Waals surface area contributed by atoms with Crippen molar-refractivity contribution in [2.24, 2.45) is 0 Å². The Balaban J connectivity index is 1.76. The molecule has 6 aromatic rings. The van der Waals surface area contributed by atoms with E-state index in [1.807, 2.05) is 84.9 Å². The van der Waals surface area contributed by atoms with E-state index in [9.17, 15) is 24.6 Å². The van der Waals surface area contributed by atoms with Gasteiger partial charge in [-0.05, 0) is 44.8 Å². The largest absolute Gasteiger partial charge is 0.478 e. The molecular formula is C35H22O5. The van der Waals surface area contributed by atoms with Crippen LogP contribution in [0.4, 0.5) is 0 Å². The van der Waals surface area contributed by atoms with Crippen molar-refractivity contribution in [3.8, 4) is 22.3 Å². The van der Waals surface area contributed by atoms with Gasteiger partial charge in [0, 0.05) is 22.3 Å². The second kappa shape index (κ2) is 9.97. The number of carbonyl (C=O) groups excluding carboxylic acids is 1. The van der Waals surface area contributed by atoms with Crippen LogP contribution < -0.4 is 0 Å². The Bertz CT molecular complexity index is 1820. The van der Waals surface area contributed by atoms with Gasteiger partial charge in [-0.3, -0.25) is 4.79 Å². The van der Waals surface area contributed by atoms with E-state index in [0.29, 0.717) is 32.7 Å². The minimum atomic E-state index is -1.15. The van der Waals surface area contributed by atoms with Crippen LogP contribution in [0.2, 0.25) is 0 Å². The maximum absolute atomic E-state index is 14.7. The summed E-state index contributed by atoms with van der Waals surface area (Å²) >= 11 is 0. The number of carbonyl (C=O) groups is 3. The van der Waals surface area contributed by atoms with E-state index in [2.05, 4.69) is 0 Å². The molecule has 0 radical (unpaired) electrons. The number of ketones is 1. The van der Waals surface area contributed by atoms with Gasteiger partial charge in [-0.15, -0.1) is 0 Å². The van der Waals surface area contributed by atoms with Crippen LogP contribution in [0.25, 0.3) is 43.8 Å². The number of rotatable bonds is 6. The summed E-state index contributed by atoms with van der Waals surface area (Å²) in [7, 11) is 0. The molecule has 0 aliphatic carbocycles. The molecule has 0 fully saturated rings. The van der Waals surface area contributed by atoms with Gasteiger partial charge in [0.15, 0.2) is 5.78 Å². The Labute approximate surface area is 229 Å². The Morgan fingerprint density at radius 1 is 0.400 bits per heavy atom. The Morgan fingerprint density at radius 2 is 0.725 bits per heavy atom. The Morgan fingerprint density at radius 3 is 1.07 bits per heavy atom. The van der Waals surface area contributed by atoms with E-state index >= 15 is 0 Å². The number of hydrogen-bond donors (Lipinski definition) is 2. The fraction of sp³-hybridized carbons (Fsp3) is 0. The van der Waals surface area contributed by atoms with Gasteiger partial charge >= 0.3 is 11.9 Å². The highest BCUT2D eigenvalue weighted by Crippen LogP contribution is 2.40. The average molecular weight is 523 g/mol. The second-order valence-corrected chi connectivity index (χ2v) is 9.46. The quantitative estimate of drug-likeness (QED) is 0.217. The lowest BCUT2D eigenvalue weighted by atomic mass is 9.83. The van der Waals surface area contributed by atoms with E-state index in [4.69, 9.17) is 0 Å². The van der Waals surface area contributed by atoms with Crippen molar-refractivity contribution in [3.05, 3.63) is 144 Å². The minimum absolute atomic E-state index is 0.000797. The SMILES string of the molecule is O=C(c1cc(C(=O)O)c2ccccc2c1-c1ccccc1)c1cc(C(=O)O)c2ccccc2c1-c1ccccc1. The summed E-state index contributed by atoms with van der Waals surface area (Å²) in [6, 6.07) is 35.7. The minimum Gasteiger partial charge on any atom is -0.478 e. The van der Waals surface area contributed by atoms with E-state index < -0.39 is 17.7 Å². The van der Waals surface area contributed by atoms with Crippen molar-refractivity contribution in [2.45, 2.75) is 0 Å². The van der Waals surface area contributed by atoms with Crippen LogP contribution in [0, 0.1) is 0 Å². The zero-order valence-corrected chi connectivity index (χ0v) is 21.2. The average Bonchev–Trinajstić information content (AvgIpc) is 2.99. The van der Waals surface area contributed by atoms with Gasteiger partial charge in [-0.25, -0.2) is 9.59 Å². The van der Waals surface area contributed by atoms with Gasteiger partial charge < -0.3 is 10.2 Å². The number of carboxylic acids is 2. The molecule has 0 heterocycles. The summed E-state index contributed by atoms with van der Waals surface area (Å²) in [6.07, 6.45) is 0. The molecule has 2 N–H and O–H groups in total. The number of fused-ring (bicyclic) bond motifs is 2. The highest BCUT2D eigenvalue weighted by molar-refractivity contribution is 6.25. The lowest BCUT2D eigenvalue weighted by Crippen LogP contribution is -2.11. The molecule has 40 heavy (non-hydrogen) atoms. The van der Waals surface area contributed by atoms with E-state index in [-0.39, 0.29) is 22.3 Å². The normalized spacial score (nSPS) is 11.0. The molecule has 6 aromatic carbocycles. The Kier molecular flexibility index (Phi) is 6.17. The topological polar surface area (TPSA) is 91.7 Å². The summed E-state index contributed by atoms with van der Waals surface area (Å²) in [5, 5.41) is 22.5. The fourth-order valence-electron chi connectivity index (χ4n) is 5.44. The van der Waals surface area contributed by atoms with Crippen molar-refractivity contribution < 1.29 is 24.6 Å².